The van der Waals surface area contributed by atoms with Crippen LogP contribution in [0.25, 0.3) is 11.0 Å². The van der Waals surface area contributed by atoms with Crippen molar-refractivity contribution >= 4 is 22.8 Å². The van der Waals surface area contributed by atoms with Gasteiger partial charge in [-0.25, -0.2) is 9.78 Å². The van der Waals surface area contributed by atoms with Crippen molar-refractivity contribution in [3.8, 4) is 0 Å². The molecule has 2 aromatic heterocycles. The topological polar surface area (TPSA) is 59.0 Å². The van der Waals surface area contributed by atoms with Gasteiger partial charge in [0.05, 0.1) is 5.54 Å². The zero-order chi connectivity index (χ0) is 26.7. The summed E-state index contributed by atoms with van der Waals surface area (Å²) in [5, 5.41) is 7.70. The van der Waals surface area contributed by atoms with Gasteiger partial charge in [-0.1, -0.05) is 89.1 Å². The highest BCUT2D eigenvalue weighted by Gasteiger charge is 2.37. The van der Waals surface area contributed by atoms with E-state index in [0.29, 0.717) is 18.4 Å². The van der Waals surface area contributed by atoms with Crippen LogP contribution in [-0.2, 0) is 12.0 Å². The number of benzene rings is 2. The number of amides is 2. The van der Waals surface area contributed by atoms with E-state index in [-0.39, 0.29) is 11.6 Å². The van der Waals surface area contributed by atoms with Crippen molar-refractivity contribution in [1.82, 2.24) is 14.9 Å². The zero-order valence-corrected chi connectivity index (χ0v) is 23.1. The summed E-state index contributed by atoms with van der Waals surface area (Å²) in [7, 11) is 0. The summed E-state index contributed by atoms with van der Waals surface area (Å²) in [5.74, 6) is 0.649. The predicted octanol–water partition coefficient (Wildman–Crippen LogP) is 7.96. The fourth-order valence-corrected chi connectivity index (χ4v) is 6.08. The highest BCUT2D eigenvalue weighted by molar-refractivity contribution is 5.91. The van der Waals surface area contributed by atoms with Crippen molar-refractivity contribution in [2.75, 3.05) is 11.9 Å². The van der Waals surface area contributed by atoms with E-state index >= 15 is 0 Å². The molecular formula is C33H40N4O. The summed E-state index contributed by atoms with van der Waals surface area (Å²) in [4.78, 5) is 18.2. The second-order valence-electron chi connectivity index (χ2n) is 11.4. The molecule has 2 aromatic carbocycles. The van der Waals surface area contributed by atoms with Crippen LogP contribution in [0.5, 0.6) is 0 Å². The van der Waals surface area contributed by atoms with Crippen LogP contribution in [-0.4, -0.2) is 22.1 Å². The van der Waals surface area contributed by atoms with Crippen molar-refractivity contribution in [2.45, 2.75) is 77.2 Å². The van der Waals surface area contributed by atoms with Crippen molar-refractivity contribution < 1.29 is 4.79 Å². The molecule has 38 heavy (non-hydrogen) atoms. The van der Waals surface area contributed by atoms with Crippen molar-refractivity contribution in [1.29, 1.82) is 0 Å². The molecule has 0 radical (unpaired) electrons. The molecule has 5 rings (SSSR count). The summed E-state index contributed by atoms with van der Waals surface area (Å²) in [5.41, 5.74) is 6.70. The highest BCUT2D eigenvalue weighted by atomic mass is 16.2. The van der Waals surface area contributed by atoms with Crippen LogP contribution < -0.4 is 10.6 Å². The van der Waals surface area contributed by atoms with Gasteiger partial charge in [0, 0.05) is 30.0 Å². The lowest BCUT2D eigenvalue weighted by Crippen LogP contribution is -2.44. The summed E-state index contributed by atoms with van der Waals surface area (Å²) in [6.07, 6.45) is 9.39. The van der Waals surface area contributed by atoms with E-state index in [1.807, 2.05) is 12.3 Å². The number of carbonyl (C=O) groups excluding carboxylic acids is 1. The van der Waals surface area contributed by atoms with Gasteiger partial charge in [0.25, 0.3) is 0 Å². The Morgan fingerprint density at radius 2 is 1.61 bits per heavy atom. The Balaban J connectivity index is 1.42. The molecule has 0 aliphatic heterocycles. The molecule has 2 amide bonds. The predicted molar refractivity (Wildman–Crippen MR) is 157 cm³/mol. The fraction of sp³-hybridized carbons (Fsp3) is 0.394. The number of para-hydroxylation sites is 1. The average Bonchev–Trinajstić information content (AvgIpc) is 3.54. The van der Waals surface area contributed by atoms with E-state index in [1.54, 1.807) is 0 Å². The van der Waals surface area contributed by atoms with Gasteiger partial charge in [0.2, 0.25) is 0 Å². The SMILES string of the molecule is CC(C)c1cccc(C(C)C)c1NC(=O)NCC1(n2cc(Cc3ccccc3)c3cccnc32)CCCC1. The van der Waals surface area contributed by atoms with Crippen LogP contribution in [0.1, 0.15) is 87.5 Å². The molecule has 5 nitrogen and oxygen atoms in total. The van der Waals surface area contributed by atoms with Gasteiger partial charge in [-0.05, 0) is 65.5 Å². The molecule has 5 heteroatoms. The largest absolute Gasteiger partial charge is 0.335 e. The number of hydrogen-bond acceptors (Lipinski definition) is 2. The molecule has 1 fully saturated rings. The summed E-state index contributed by atoms with van der Waals surface area (Å²) in [6, 6.07) is 21.0. The Kier molecular flexibility index (Phi) is 7.55. The molecule has 0 atom stereocenters. The van der Waals surface area contributed by atoms with Gasteiger partial charge >= 0.3 is 6.03 Å². The van der Waals surface area contributed by atoms with E-state index < -0.39 is 0 Å². The minimum Gasteiger partial charge on any atom is -0.335 e. The third kappa shape index (κ3) is 5.20. The molecule has 2 heterocycles. The molecule has 4 aromatic rings. The number of hydrogen-bond donors (Lipinski definition) is 2. The third-order valence-electron chi connectivity index (χ3n) is 8.12. The van der Waals surface area contributed by atoms with Crippen LogP contribution in [0.2, 0.25) is 0 Å². The number of pyridine rings is 1. The van der Waals surface area contributed by atoms with E-state index in [2.05, 4.69) is 104 Å². The second kappa shape index (κ2) is 11.0. The first-order chi connectivity index (χ1) is 18.4. The van der Waals surface area contributed by atoms with Gasteiger partial charge in [-0.3, -0.25) is 0 Å². The molecule has 1 aliphatic carbocycles. The Hall–Kier alpha value is -3.60. The van der Waals surface area contributed by atoms with Crippen molar-refractivity contribution in [3.63, 3.8) is 0 Å². The van der Waals surface area contributed by atoms with E-state index in [9.17, 15) is 4.79 Å². The molecule has 2 N–H and O–H groups in total. The fourth-order valence-electron chi connectivity index (χ4n) is 6.08. The third-order valence-corrected chi connectivity index (χ3v) is 8.12. The summed E-state index contributed by atoms with van der Waals surface area (Å²) in [6.45, 7) is 9.27. The Bertz CT molecular complexity index is 1370. The molecule has 198 valence electrons. The number of nitrogens with zero attached hydrogens (tertiary/aromatic N) is 2. The average molecular weight is 509 g/mol. The molecule has 0 spiro atoms. The first-order valence-electron chi connectivity index (χ1n) is 14.0. The molecular weight excluding hydrogens is 468 g/mol. The van der Waals surface area contributed by atoms with Crippen LogP contribution >= 0.6 is 0 Å². The van der Waals surface area contributed by atoms with Crippen LogP contribution in [0.15, 0.2) is 73.1 Å². The zero-order valence-electron chi connectivity index (χ0n) is 23.1. The number of fused-ring (bicyclic) bond motifs is 1. The van der Waals surface area contributed by atoms with Gasteiger partial charge in [0.1, 0.15) is 5.65 Å². The van der Waals surface area contributed by atoms with E-state index in [1.165, 1.54) is 27.6 Å². The minimum absolute atomic E-state index is 0.139. The van der Waals surface area contributed by atoms with E-state index in [0.717, 1.165) is 43.4 Å². The number of carbonyl (C=O) groups is 1. The molecule has 0 unspecified atom stereocenters. The van der Waals surface area contributed by atoms with Gasteiger partial charge in [0.15, 0.2) is 0 Å². The van der Waals surface area contributed by atoms with Crippen molar-refractivity contribution in [2.24, 2.45) is 0 Å². The lowest BCUT2D eigenvalue weighted by atomic mass is 9.92. The van der Waals surface area contributed by atoms with Crippen LogP contribution in [0, 0.1) is 0 Å². The number of nitrogens with one attached hydrogen (secondary N) is 2. The quantitative estimate of drug-likeness (QED) is 0.254. The number of aromatic nitrogens is 2. The Morgan fingerprint density at radius 1 is 0.921 bits per heavy atom. The normalized spacial score (nSPS) is 14.9. The number of urea groups is 1. The van der Waals surface area contributed by atoms with Gasteiger partial charge in [-0.15, -0.1) is 0 Å². The smallest absolute Gasteiger partial charge is 0.319 e. The summed E-state index contributed by atoms with van der Waals surface area (Å²) < 4.78 is 2.37. The molecule has 1 aliphatic rings. The lowest BCUT2D eigenvalue weighted by Gasteiger charge is -2.32. The first-order valence-corrected chi connectivity index (χ1v) is 14.0. The number of anilines is 1. The maximum Gasteiger partial charge on any atom is 0.319 e. The minimum atomic E-state index is -0.183. The van der Waals surface area contributed by atoms with E-state index in [4.69, 9.17) is 4.98 Å². The summed E-state index contributed by atoms with van der Waals surface area (Å²) >= 11 is 0. The Labute approximate surface area is 226 Å². The van der Waals surface area contributed by atoms with Gasteiger partial charge in [-0.2, -0.15) is 0 Å². The second-order valence-corrected chi connectivity index (χ2v) is 11.4. The monoisotopic (exact) mass is 508 g/mol. The van der Waals surface area contributed by atoms with Crippen LogP contribution in [0.4, 0.5) is 10.5 Å². The highest BCUT2D eigenvalue weighted by Crippen LogP contribution is 2.40. The molecule has 0 bridgehead atoms. The van der Waals surface area contributed by atoms with Crippen molar-refractivity contribution in [3.05, 3.63) is 95.3 Å². The standard InChI is InChI=1S/C33H40N4O/c1-23(2)27-14-10-15-28(24(3)4)30(27)36-32(38)35-22-33(17-8-9-18-33)37-21-26(20-25-12-6-5-7-13-25)29-16-11-19-34-31(29)37/h5-7,10-16,19,21,23-24H,8-9,17-18,20,22H2,1-4H3,(H2,35,36,38). The Morgan fingerprint density at radius 3 is 2.26 bits per heavy atom. The maximum atomic E-state index is 13.4. The van der Waals surface area contributed by atoms with Crippen LogP contribution in [0.3, 0.4) is 0 Å². The number of rotatable bonds is 8. The lowest BCUT2D eigenvalue weighted by molar-refractivity contribution is 0.239. The molecule has 1 saturated carbocycles. The first kappa shape index (κ1) is 26.0. The molecule has 0 saturated heterocycles. The maximum absolute atomic E-state index is 13.4. The van der Waals surface area contributed by atoms with Gasteiger partial charge < -0.3 is 15.2 Å².